The van der Waals surface area contributed by atoms with Gasteiger partial charge in [0.25, 0.3) is 5.91 Å². The fourth-order valence-corrected chi connectivity index (χ4v) is 2.46. The summed E-state index contributed by atoms with van der Waals surface area (Å²) in [5.74, 6) is -2.62. The molecule has 26 heavy (non-hydrogen) atoms. The van der Waals surface area contributed by atoms with E-state index in [1.54, 1.807) is 12.1 Å². The summed E-state index contributed by atoms with van der Waals surface area (Å²) in [6, 6.07) is 9.28. The van der Waals surface area contributed by atoms with Gasteiger partial charge in [-0.3, -0.25) is 4.79 Å². The quantitative estimate of drug-likeness (QED) is 0.603. The molecule has 4 nitrogen and oxygen atoms in total. The molecule has 140 valence electrons. The van der Waals surface area contributed by atoms with Gasteiger partial charge < -0.3 is 15.2 Å². The zero-order valence-corrected chi connectivity index (χ0v) is 14.9. The maximum Gasteiger partial charge on any atom is 0.254 e. The van der Waals surface area contributed by atoms with Gasteiger partial charge in [-0.05, 0) is 62.1 Å². The topological polar surface area (TPSA) is 61.6 Å². The van der Waals surface area contributed by atoms with Gasteiger partial charge in [0.2, 0.25) is 0 Å². The van der Waals surface area contributed by atoms with Crippen molar-refractivity contribution in [2.75, 3.05) is 13.2 Å². The van der Waals surface area contributed by atoms with E-state index in [2.05, 4.69) is 0 Å². The summed E-state index contributed by atoms with van der Waals surface area (Å²) in [5.41, 5.74) is 4.19. The van der Waals surface area contributed by atoms with Gasteiger partial charge >= 0.3 is 0 Å². The number of carbonyl (C=O) groups is 1. The Hall–Kier alpha value is -2.34. The molecule has 0 unspecified atom stereocenters. The van der Waals surface area contributed by atoms with Gasteiger partial charge in [-0.15, -0.1) is 0 Å². The van der Waals surface area contributed by atoms with Crippen molar-refractivity contribution in [3.63, 3.8) is 0 Å². The zero-order valence-electron chi connectivity index (χ0n) is 14.1. The van der Waals surface area contributed by atoms with E-state index < -0.39 is 23.1 Å². The number of carbonyl (C=O) groups excluding carboxylic acids is 1. The average molecular weight is 384 g/mol. The van der Waals surface area contributed by atoms with Crippen molar-refractivity contribution < 1.29 is 23.0 Å². The van der Waals surface area contributed by atoms with Crippen LogP contribution in [0.15, 0.2) is 36.4 Å². The summed E-state index contributed by atoms with van der Waals surface area (Å²) >= 11 is 5.80. The predicted molar refractivity (Wildman–Crippen MR) is 95.8 cm³/mol. The Morgan fingerprint density at radius 1 is 0.923 bits per heavy atom. The number of nitrogens with two attached hydrogens (primary N) is 1. The Morgan fingerprint density at radius 2 is 1.54 bits per heavy atom. The van der Waals surface area contributed by atoms with E-state index in [4.69, 9.17) is 26.8 Å². The van der Waals surface area contributed by atoms with Crippen molar-refractivity contribution in [2.45, 2.75) is 25.7 Å². The summed E-state index contributed by atoms with van der Waals surface area (Å²) < 4.78 is 38.2. The second-order valence-corrected chi connectivity index (χ2v) is 6.10. The van der Waals surface area contributed by atoms with E-state index in [0.29, 0.717) is 18.1 Å². The molecule has 0 aliphatic carbocycles. The number of ether oxygens (including phenoxy) is 2. The molecule has 0 spiro atoms. The third-order valence-electron chi connectivity index (χ3n) is 3.68. The Bertz CT molecular complexity index is 738. The van der Waals surface area contributed by atoms with Crippen LogP contribution in [0.1, 0.15) is 36.0 Å². The van der Waals surface area contributed by atoms with Crippen LogP contribution < -0.4 is 15.2 Å². The molecule has 0 bridgehead atoms. The van der Waals surface area contributed by atoms with Gasteiger partial charge in [-0.2, -0.15) is 0 Å². The summed E-state index contributed by atoms with van der Waals surface area (Å²) in [6.45, 7) is 0.857. The van der Waals surface area contributed by atoms with Gasteiger partial charge in [0, 0.05) is 5.02 Å². The summed E-state index contributed by atoms with van der Waals surface area (Å²) in [5, 5.41) is 0.665. The normalized spacial score (nSPS) is 10.6. The highest BCUT2D eigenvalue weighted by Gasteiger charge is 2.18. The van der Waals surface area contributed by atoms with Crippen LogP contribution in [0.25, 0.3) is 0 Å². The van der Waals surface area contributed by atoms with E-state index in [1.807, 2.05) is 12.1 Å². The molecule has 0 fully saturated rings. The third-order valence-corrected chi connectivity index (χ3v) is 3.93. The molecule has 1 amide bonds. The molecular formula is C19H20ClF2NO3. The number of amides is 1. The predicted octanol–water partition coefficient (Wildman–Crippen LogP) is 4.74. The minimum absolute atomic E-state index is 0.175. The van der Waals surface area contributed by atoms with Gasteiger partial charge in [-0.25, -0.2) is 8.78 Å². The van der Waals surface area contributed by atoms with E-state index >= 15 is 0 Å². The maximum atomic E-state index is 14.0. The summed E-state index contributed by atoms with van der Waals surface area (Å²) in [4.78, 5) is 11.1. The molecule has 0 saturated carbocycles. The Kier molecular flexibility index (Phi) is 7.66. The van der Waals surface area contributed by atoms with Crippen molar-refractivity contribution in [3.8, 4) is 11.5 Å². The van der Waals surface area contributed by atoms with Crippen LogP contribution in [0.2, 0.25) is 5.02 Å². The van der Waals surface area contributed by atoms with Gasteiger partial charge in [0.1, 0.15) is 17.1 Å². The largest absolute Gasteiger partial charge is 0.494 e. The average Bonchev–Trinajstić information content (AvgIpc) is 2.60. The van der Waals surface area contributed by atoms with Crippen molar-refractivity contribution in [1.82, 2.24) is 0 Å². The highest BCUT2D eigenvalue weighted by atomic mass is 35.5. The first-order valence-corrected chi connectivity index (χ1v) is 8.66. The molecular weight excluding hydrogens is 364 g/mol. The SMILES string of the molecule is NC(=O)c1c(F)ccc(OCCCCCCOc2ccc(Cl)cc2)c1F. The zero-order chi connectivity index (χ0) is 18.9. The minimum atomic E-state index is -1.16. The highest BCUT2D eigenvalue weighted by molar-refractivity contribution is 6.30. The molecule has 0 aromatic heterocycles. The first kappa shape index (κ1) is 20.0. The molecule has 2 aromatic rings. The standard InChI is InChI=1S/C19H20ClF2NO3/c20-13-5-7-14(8-6-13)25-11-3-1-2-4-12-26-16-10-9-15(21)17(18(16)22)19(23)24/h5-10H,1-4,11-12H2,(H2,23,24). The van der Waals surface area contributed by atoms with Crippen LogP contribution in [-0.4, -0.2) is 19.1 Å². The monoisotopic (exact) mass is 383 g/mol. The smallest absolute Gasteiger partial charge is 0.254 e. The molecule has 2 rings (SSSR count). The lowest BCUT2D eigenvalue weighted by Crippen LogP contribution is -2.16. The molecule has 0 aliphatic rings. The Balaban J connectivity index is 1.63. The van der Waals surface area contributed by atoms with E-state index in [1.165, 1.54) is 0 Å². The number of primary amides is 1. The fourth-order valence-electron chi connectivity index (χ4n) is 2.33. The summed E-state index contributed by atoms with van der Waals surface area (Å²) in [7, 11) is 0. The number of hydrogen-bond acceptors (Lipinski definition) is 3. The third kappa shape index (κ3) is 5.88. The minimum Gasteiger partial charge on any atom is -0.494 e. The van der Waals surface area contributed by atoms with Gasteiger partial charge in [0.15, 0.2) is 11.6 Å². The highest BCUT2D eigenvalue weighted by Crippen LogP contribution is 2.23. The van der Waals surface area contributed by atoms with Gasteiger partial charge in [0.05, 0.1) is 13.2 Å². The van der Waals surface area contributed by atoms with E-state index in [-0.39, 0.29) is 12.4 Å². The van der Waals surface area contributed by atoms with Crippen LogP contribution >= 0.6 is 11.6 Å². The second kappa shape index (κ2) is 9.97. The number of unbranched alkanes of at least 4 members (excludes halogenated alkanes) is 3. The molecule has 0 heterocycles. The summed E-state index contributed by atoms with van der Waals surface area (Å²) in [6.07, 6.45) is 3.37. The Labute approximate surface area is 155 Å². The van der Waals surface area contributed by atoms with Gasteiger partial charge in [-0.1, -0.05) is 11.6 Å². The van der Waals surface area contributed by atoms with Crippen molar-refractivity contribution >= 4 is 17.5 Å². The lowest BCUT2D eigenvalue weighted by Gasteiger charge is -2.10. The van der Waals surface area contributed by atoms with Crippen molar-refractivity contribution in [3.05, 3.63) is 58.6 Å². The number of rotatable bonds is 10. The number of halogens is 3. The first-order chi connectivity index (χ1) is 12.5. The molecule has 7 heteroatoms. The van der Waals surface area contributed by atoms with E-state index in [0.717, 1.165) is 37.1 Å². The number of benzene rings is 2. The molecule has 0 aliphatic heterocycles. The van der Waals surface area contributed by atoms with Crippen molar-refractivity contribution in [1.29, 1.82) is 0 Å². The Morgan fingerprint density at radius 3 is 2.15 bits per heavy atom. The first-order valence-electron chi connectivity index (χ1n) is 8.28. The fraction of sp³-hybridized carbons (Fsp3) is 0.316. The van der Waals surface area contributed by atoms with Crippen LogP contribution in [-0.2, 0) is 0 Å². The maximum absolute atomic E-state index is 14.0. The second-order valence-electron chi connectivity index (χ2n) is 5.66. The van der Waals surface area contributed by atoms with Crippen LogP contribution in [0.3, 0.4) is 0 Å². The molecule has 2 N–H and O–H groups in total. The molecule has 0 saturated heterocycles. The lowest BCUT2D eigenvalue weighted by molar-refractivity contribution is 0.0991. The van der Waals surface area contributed by atoms with E-state index in [9.17, 15) is 13.6 Å². The molecule has 2 aromatic carbocycles. The molecule has 0 atom stereocenters. The van der Waals surface area contributed by atoms with Crippen LogP contribution in [0.4, 0.5) is 8.78 Å². The number of hydrogen-bond donors (Lipinski definition) is 1. The van der Waals surface area contributed by atoms with Crippen LogP contribution in [0.5, 0.6) is 11.5 Å². The van der Waals surface area contributed by atoms with Crippen LogP contribution in [0, 0.1) is 11.6 Å². The molecule has 0 radical (unpaired) electrons. The lowest BCUT2D eigenvalue weighted by atomic mass is 10.1. The van der Waals surface area contributed by atoms with Crippen molar-refractivity contribution in [2.24, 2.45) is 5.73 Å².